The van der Waals surface area contributed by atoms with E-state index in [4.69, 9.17) is 5.11 Å². The van der Waals surface area contributed by atoms with Crippen molar-refractivity contribution in [3.05, 3.63) is 30.3 Å². The molecule has 0 heterocycles. The summed E-state index contributed by atoms with van der Waals surface area (Å²) in [7, 11) is 0. The number of amides is 1. The van der Waals surface area contributed by atoms with Gasteiger partial charge in [-0.1, -0.05) is 31.5 Å². The Kier molecular flexibility index (Phi) is 7.29. The van der Waals surface area contributed by atoms with Crippen LogP contribution in [0.25, 0.3) is 0 Å². The van der Waals surface area contributed by atoms with Crippen LogP contribution in [0.15, 0.2) is 30.3 Å². The van der Waals surface area contributed by atoms with Crippen LogP contribution in [0.5, 0.6) is 0 Å². The van der Waals surface area contributed by atoms with Crippen molar-refractivity contribution in [1.82, 2.24) is 5.32 Å². The molecule has 3 N–H and O–H groups in total. The lowest BCUT2D eigenvalue weighted by Crippen LogP contribution is -2.36. The third-order valence-corrected chi connectivity index (χ3v) is 3.33. The number of rotatable bonds is 9. The molecule has 0 spiro atoms. The largest absolute Gasteiger partial charge is 0.481 e. The van der Waals surface area contributed by atoms with Gasteiger partial charge in [0, 0.05) is 11.7 Å². The number of carbonyl (C=O) groups is 2. The fraction of sp³-hybridized carbons (Fsp3) is 0.500. The second kappa shape index (κ2) is 9.00. The van der Waals surface area contributed by atoms with Gasteiger partial charge in [-0.2, -0.15) is 0 Å². The SMILES string of the molecule is CC(CCCC(C)C(=O)O)NC(=O)CNc1ccccc1. The molecule has 0 aliphatic carbocycles. The zero-order chi connectivity index (χ0) is 15.7. The average Bonchev–Trinajstić information content (AvgIpc) is 2.46. The summed E-state index contributed by atoms with van der Waals surface area (Å²) >= 11 is 0. The molecule has 2 atom stereocenters. The number of carbonyl (C=O) groups excluding carboxylic acids is 1. The monoisotopic (exact) mass is 292 g/mol. The predicted octanol–water partition coefficient (Wildman–Crippen LogP) is 2.49. The Bertz CT molecular complexity index is 448. The van der Waals surface area contributed by atoms with Crippen molar-refractivity contribution in [3.63, 3.8) is 0 Å². The van der Waals surface area contributed by atoms with E-state index in [1.807, 2.05) is 37.3 Å². The first-order valence-corrected chi connectivity index (χ1v) is 7.30. The van der Waals surface area contributed by atoms with E-state index in [-0.39, 0.29) is 24.4 Å². The zero-order valence-corrected chi connectivity index (χ0v) is 12.6. The number of anilines is 1. The van der Waals surface area contributed by atoms with Crippen LogP contribution >= 0.6 is 0 Å². The highest BCUT2D eigenvalue weighted by Gasteiger charge is 2.12. The second-order valence-corrected chi connectivity index (χ2v) is 5.36. The number of carboxylic acids is 1. The van der Waals surface area contributed by atoms with E-state index in [0.29, 0.717) is 6.42 Å². The highest BCUT2D eigenvalue weighted by molar-refractivity contribution is 5.80. The van der Waals surface area contributed by atoms with Crippen molar-refractivity contribution >= 4 is 17.6 Å². The fourth-order valence-corrected chi connectivity index (χ4v) is 1.99. The maximum Gasteiger partial charge on any atom is 0.306 e. The molecule has 5 heteroatoms. The Morgan fingerprint density at radius 1 is 1.14 bits per heavy atom. The van der Waals surface area contributed by atoms with Crippen LogP contribution in [-0.4, -0.2) is 29.6 Å². The summed E-state index contributed by atoms with van der Waals surface area (Å²) in [6.45, 7) is 3.88. The van der Waals surface area contributed by atoms with Crippen molar-refractivity contribution in [2.75, 3.05) is 11.9 Å². The molecule has 0 radical (unpaired) electrons. The quantitative estimate of drug-likeness (QED) is 0.653. The van der Waals surface area contributed by atoms with Gasteiger partial charge >= 0.3 is 5.97 Å². The minimum Gasteiger partial charge on any atom is -0.481 e. The molecule has 0 bridgehead atoms. The number of benzene rings is 1. The number of para-hydroxylation sites is 1. The summed E-state index contributed by atoms with van der Waals surface area (Å²) in [6, 6.07) is 9.61. The summed E-state index contributed by atoms with van der Waals surface area (Å²) < 4.78 is 0. The summed E-state index contributed by atoms with van der Waals surface area (Å²) in [5, 5.41) is 14.7. The summed E-state index contributed by atoms with van der Waals surface area (Å²) in [5.41, 5.74) is 0.913. The predicted molar refractivity (Wildman–Crippen MR) is 83.2 cm³/mol. The molecule has 2 unspecified atom stereocenters. The average molecular weight is 292 g/mol. The van der Waals surface area contributed by atoms with Crippen molar-refractivity contribution in [2.45, 2.75) is 39.2 Å². The molecule has 5 nitrogen and oxygen atoms in total. The molecule has 0 aliphatic heterocycles. The van der Waals surface area contributed by atoms with Crippen molar-refractivity contribution in [2.24, 2.45) is 5.92 Å². The number of hydrogen-bond acceptors (Lipinski definition) is 3. The van der Waals surface area contributed by atoms with E-state index < -0.39 is 5.97 Å². The molecule has 0 saturated heterocycles. The van der Waals surface area contributed by atoms with Gasteiger partial charge in [-0.05, 0) is 31.9 Å². The second-order valence-electron chi connectivity index (χ2n) is 5.36. The van der Waals surface area contributed by atoms with Gasteiger partial charge in [0.2, 0.25) is 5.91 Å². The first-order chi connectivity index (χ1) is 9.99. The molecule has 1 rings (SSSR count). The van der Waals surface area contributed by atoms with Crippen LogP contribution < -0.4 is 10.6 Å². The van der Waals surface area contributed by atoms with Gasteiger partial charge in [0.05, 0.1) is 12.5 Å². The molecule has 0 aromatic heterocycles. The van der Waals surface area contributed by atoms with E-state index in [0.717, 1.165) is 18.5 Å². The summed E-state index contributed by atoms with van der Waals surface area (Å²) in [4.78, 5) is 22.5. The molecule has 1 aromatic carbocycles. The maximum atomic E-state index is 11.8. The Hall–Kier alpha value is -2.04. The minimum atomic E-state index is -0.765. The molecule has 0 aliphatic rings. The number of carboxylic acid groups (broad SMARTS) is 1. The smallest absolute Gasteiger partial charge is 0.306 e. The lowest BCUT2D eigenvalue weighted by Gasteiger charge is -2.15. The van der Waals surface area contributed by atoms with Crippen molar-refractivity contribution in [1.29, 1.82) is 0 Å². The molecule has 116 valence electrons. The number of aliphatic carboxylic acids is 1. The zero-order valence-electron chi connectivity index (χ0n) is 12.6. The highest BCUT2D eigenvalue weighted by Crippen LogP contribution is 2.09. The first-order valence-electron chi connectivity index (χ1n) is 7.30. The van der Waals surface area contributed by atoms with E-state index >= 15 is 0 Å². The topological polar surface area (TPSA) is 78.4 Å². The van der Waals surface area contributed by atoms with Gasteiger partial charge in [0.25, 0.3) is 0 Å². The van der Waals surface area contributed by atoms with Crippen LogP contribution in [0.1, 0.15) is 33.1 Å². The van der Waals surface area contributed by atoms with Crippen molar-refractivity contribution < 1.29 is 14.7 Å². The Morgan fingerprint density at radius 2 is 1.81 bits per heavy atom. The van der Waals surface area contributed by atoms with E-state index in [9.17, 15) is 9.59 Å². The normalized spacial score (nSPS) is 13.2. The third kappa shape index (κ3) is 7.34. The minimum absolute atomic E-state index is 0.0519. The first kappa shape index (κ1) is 17.0. The van der Waals surface area contributed by atoms with Gasteiger partial charge in [0.15, 0.2) is 0 Å². The van der Waals surface area contributed by atoms with Gasteiger partial charge in [-0.15, -0.1) is 0 Å². The van der Waals surface area contributed by atoms with Crippen LogP contribution in [-0.2, 0) is 9.59 Å². The lowest BCUT2D eigenvalue weighted by atomic mass is 10.0. The third-order valence-electron chi connectivity index (χ3n) is 3.33. The summed E-state index contributed by atoms with van der Waals surface area (Å²) in [5.74, 6) is -1.15. The molecule has 1 aromatic rings. The fourth-order valence-electron chi connectivity index (χ4n) is 1.99. The Labute approximate surface area is 125 Å². The molecule has 21 heavy (non-hydrogen) atoms. The van der Waals surface area contributed by atoms with Crippen LogP contribution in [0.3, 0.4) is 0 Å². The van der Waals surface area contributed by atoms with Crippen LogP contribution in [0, 0.1) is 5.92 Å². The maximum absolute atomic E-state index is 11.8. The van der Waals surface area contributed by atoms with Crippen LogP contribution in [0.2, 0.25) is 0 Å². The molecule has 0 saturated carbocycles. The standard InChI is InChI=1S/C16H24N2O3/c1-12(16(20)21)7-6-8-13(2)18-15(19)11-17-14-9-4-3-5-10-14/h3-5,9-10,12-13,17H,6-8,11H2,1-2H3,(H,18,19)(H,20,21). The lowest BCUT2D eigenvalue weighted by molar-refractivity contribution is -0.141. The number of hydrogen-bond donors (Lipinski definition) is 3. The molecule has 1 amide bonds. The van der Waals surface area contributed by atoms with Crippen LogP contribution in [0.4, 0.5) is 5.69 Å². The molecular weight excluding hydrogens is 268 g/mol. The van der Waals surface area contributed by atoms with Gasteiger partial charge < -0.3 is 15.7 Å². The van der Waals surface area contributed by atoms with Crippen molar-refractivity contribution in [3.8, 4) is 0 Å². The van der Waals surface area contributed by atoms with E-state index in [1.165, 1.54) is 0 Å². The van der Waals surface area contributed by atoms with Gasteiger partial charge in [-0.25, -0.2) is 0 Å². The van der Waals surface area contributed by atoms with E-state index in [2.05, 4.69) is 10.6 Å². The van der Waals surface area contributed by atoms with E-state index in [1.54, 1.807) is 6.92 Å². The summed E-state index contributed by atoms with van der Waals surface area (Å²) in [6.07, 6.45) is 2.22. The molecular formula is C16H24N2O3. The Balaban J connectivity index is 2.17. The Morgan fingerprint density at radius 3 is 2.43 bits per heavy atom. The van der Waals surface area contributed by atoms with Gasteiger partial charge in [-0.3, -0.25) is 9.59 Å². The molecule has 0 fully saturated rings. The number of nitrogens with one attached hydrogen (secondary N) is 2. The highest BCUT2D eigenvalue weighted by atomic mass is 16.4. The van der Waals surface area contributed by atoms with Gasteiger partial charge in [0.1, 0.15) is 0 Å².